The number of fused-ring (bicyclic) bond motifs is 3. The van der Waals surface area contributed by atoms with Gasteiger partial charge in [0.2, 0.25) is 5.91 Å². The van der Waals surface area contributed by atoms with E-state index in [1.165, 1.54) is 17.3 Å². The summed E-state index contributed by atoms with van der Waals surface area (Å²) in [6, 6.07) is 14.7. The van der Waals surface area contributed by atoms with Gasteiger partial charge in [0.05, 0.1) is 11.6 Å². The van der Waals surface area contributed by atoms with Crippen LogP contribution in [0.4, 0.5) is 4.39 Å². The quantitative estimate of drug-likeness (QED) is 0.722. The minimum atomic E-state index is -0.240. The van der Waals surface area contributed by atoms with Crippen molar-refractivity contribution in [2.24, 2.45) is 5.92 Å². The first-order chi connectivity index (χ1) is 14.0. The van der Waals surface area contributed by atoms with E-state index in [4.69, 9.17) is 0 Å². The van der Waals surface area contributed by atoms with E-state index in [0.717, 1.165) is 35.7 Å². The van der Waals surface area contributed by atoms with Crippen molar-refractivity contribution >= 4 is 16.8 Å². The van der Waals surface area contributed by atoms with Crippen LogP contribution in [0.25, 0.3) is 10.9 Å². The van der Waals surface area contributed by atoms with Crippen molar-refractivity contribution in [2.45, 2.75) is 45.7 Å². The van der Waals surface area contributed by atoms with Gasteiger partial charge in [0.1, 0.15) is 5.82 Å². The maximum absolute atomic E-state index is 13.7. The van der Waals surface area contributed by atoms with Gasteiger partial charge in [0.15, 0.2) is 0 Å². The molecule has 0 aliphatic heterocycles. The summed E-state index contributed by atoms with van der Waals surface area (Å²) >= 11 is 0. The predicted molar refractivity (Wildman–Crippen MR) is 111 cm³/mol. The smallest absolute Gasteiger partial charge is 0.222 e. The molecule has 148 valence electrons. The monoisotopic (exact) mass is 389 g/mol. The lowest BCUT2D eigenvalue weighted by Crippen LogP contribution is -2.41. The summed E-state index contributed by atoms with van der Waals surface area (Å²) in [6.07, 6.45) is 2.45. The summed E-state index contributed by atoms with van der Waals surface area (Å²) in [5, 5.41) is 13.6. The molecular formula is C24H24FN3O. The van der Waals surface area contributed by atoms with E-state index < -0.39 is 0 Å². The highest BCUT2D eigenvalue weighted by molar-refractivity contribution is 5.87. The number of aromatic nitrogens is 1. The maximum atomic E-state index is 13.7. The lowest BCUT2D eigenvalue weighted by molar-refractivity contribution is -0.124. The van der Waals surface area contributed by atoms with E-state index in [-0.39, 0.29) is 23.7 Å². The predicted octanol–water partition coefficient (Wildman–Crippen LogP) is 4.33. The largest absolute Gasteiger partial charge is 0.353 e. The summed E-state index contributed by atoms with van der Waals surface area (Å²) < 4.78 is 15.9. The van der Waals surface area contributed by atoms with Crippen molar-refractivity contribution in [3.63, 3.8) is 0 Å². The first kappa shape index (κ1) is 19.2. The fraction of sp³-hybridized carbons (Fsp3) is 0.333. The second-order valence-electron chi connectivity index (χ2n) is 8.09. The minimum Gasteiger partial charge on any atom is -0.353 e. The molecule has 1 amide bonds. The van der Waals surface area contributed by atoms with Gasteiger partial charge in [-0.3, -0.25) is 4.79 Å². The Labute approximate surface area is 170 Å². The molecular weight excluding hydrogens is 365 g/mol. The minimum absolute atomic E-state index is 0.0455. The molecule has 2 aromatic carbocycles. The normalized spacial score (nSPS) is 15.9. The van der Waals surface area contributed by atoms with Crippen LogP contribution in [-0.4, -0.2) is 16.5 Å². The number of rotatable bonds is 4. The lowest BCUT2D eigenvalue weighted by atomic mass is 9.90. The van der Waals surface area contributed by atoms with Gasteiger partial charge in [0, 0.05) is 35.1 Å². The Morgan fingerprint density at radius 3 is 2.86 bits per heavy atom. The van der Waals surface area contributed by atoms with E-state index in [1.807, 2.05) is 38.1 Å². The second-order valence-corrected chi connectivity index (χ2v) is 8.09. The van der Waals surface area contributed by atoms with Gasteiger partial charge in [-0.05, 0) is 60.7 Å². The highest BCUT2D eigenvalue weighted by atomic mass is 19.1. The van der Waals surface area contributed by atoms with Gasteiger partial charge in [-0.25, -0.2) is 4.39 Å². The molecule has 4 rings (SSSR count). The molecule has 1 aliphatic carbocycles. The van der Waals surface area contributed by atoms with E-state index in [0.29, 0.717) is 12.1 Å². The zero-order valence-corrected chi connectivity index (χ0v) is 16.7. The molecule has 0 saturated heterocycles. The fourth-order valence-corrected chi connectivity index (χ4v) is 4.21. The van der Waals surface area contributed by atoms with Crippen molar-refractivity contribution in [2.75, 3.05) is 0 Å². The van der Waals surface area contributed by atoms with E-state index >= 15 is 0 Å². The standard InChI is InChI=1S/C24H24FN3O/c1-15(2)24(29)27-19-7-9-23-21(12-19)20-11-16(13-26)6-8-22(20)28(23)14-17-4-3-5-18(25)10-17/h3-6,8,10-11,15,19H,7,9,12,14H2,1-2H3,(H,27,29)/t19-/m1/s1. The molecule has 3 aromatic rings. The van der Waals surface area contributed by atoms with Crippen LogP contribution in [0.1, 0.15) is 42.7 Å². The molecule has 0 saturated carbocycles. The van der Waals surface area contributed by atoms with E-state index in [9.17, 15) is 14.4 Å². The number of nitrogens with zero attached hydrogens (tertiary/aromatic N) is 2. The number of benzene rings is 2. The number of nitriles is 1. The van der Waals surface area contributed by atoms with Crippen molar-refractivity contribution in [3.05, 3.63) is 70.7 Å². The van der Waals surface area contributed by atoms with E-state index in [2.05, 4.69) is 16.0 Å². The molecule has 1 heterocycles. The van der Waals surface area contributed by atoms with Crippen molar-refractivity contribution in [3.8, 4) is 6.07 Å². The highest BCUT2D eigenvalue weighted by Gasteiger charge is 2.27. The highest BCUT2D eigenvalue weighted by Crippen LogP contribution is 2.33. The average Bonchev–Trinajstić information content (AvgIpc) is 3.00. The van der Waals surface area contributed by atoms with Crippen LogP contribution >= 0.6 is 0 Å². The van der Waals surface area contributed by atoms with Crippen LogP contribution in [0.2, 0.25) is 0 Å². The summed E-state index contributed by atoms with van der Waals surface area (Å²) in [6.45, 7) is 4.37. The Kier molecular flexibility index (Phi) is 5.10. The molecule has 0 fully saturated rings. The number of carbonyl (C=O) groups excluding carboxylic acids is 1. The molecule has 1 aromatic heterocycles. The Bertz CT molecular complexity index is 1120. The number of hydrogen-bond donors (Lipinski definition) is 1. The molecule has 0 spiro atoms. The molecule has 1 N–H and O–H groups in total. The van der Waals surface area contributed by atoms with Crippen LogP contribution in [-0.2, 0) is 24.2 Å². The number of amides is 1. The Morgan fingerprint density at radius 1 is 1.31 bits per heavy atom. The summed E-state index contributed by atoms with van der Waals surface area (Å²) in [4.78, 5) is 12.2. The number of hydrogen-bond acceptors (Lipinski definition) is 2. The number of carbonyl (C=O) groups is 1. The van der Waals surface area contributed by atoms with Crippen molar-refractivity contribution in [1.29, 1.82) is 5.26 Å². The number of nitrogens with one attached hydrogen (secondary N) is 1. The third-order valence-corrected chi connectivity index (χ3v) is 5.70. The first-order valence-corrected chi connectivity index (χ1v) is 10.0. The van der Waals surface area contributed by atoms with Gasteiger partial charge >= 0.3 is 0 Å². The van der Waals surface area contributed by atoms with E-state index in [1.54, 1.807) is 12.1 Å². The second kappa shape index (κ2) is 7.71. The zero-order chi connectivity index (χ0) is 20.5. The SMILES string of the molecule is CC(C)C(=O)N[C@@H]1CCc2c(c3cc(C#N)ccc3n2Cc2cccc(F)c2)C1. The van der Waals surface area contributed by atoms with Gasteiger partial charge < -0.3 is 9.88 Å². The third-order valence-electron chi connectivity index (χ3n) is 5.70. The Hall–Kier alpha value is -3.13. The maximum Gasteiger partial charge on any atom is 0.222 e. The molecule has 1 atom stereocenters. The summed E-state index contributed by atoms with van der Waals surface area (Å²) in [5.74, 6) is -0.216. The summed E-state index contributed by atoms with van der Waals surface area (Å²) in [7, 11) is 0. The van der Waals surface area contributed by atoms with Crippen LogP contribution in [0.3, 0.4) is 0 Å². The lowest BCUT2D eigenvalue weighted by Gasteiger charge is -2.26. The summed E-state index contributed by atoms with van der Waals surface area (Å²) in [5.41, 5.74) is 4.98. The van der Waals surface area contributed by atoms with Crippen molar-refractivity contribution in [1.82, 2.24) is 9.88 Å². The molecule has 1 aliphatic rings. The Balaban J connectivity index is 1.76. The van der Waals surface area contributed by atoms with Gasteiger partial charge in [-0.15, -0.1) is 0 Å². The fourth-order valence-electron chi connectivity index (χ4n) is 4.21. The molecule has 29 heavy (non-hydrogen) atoms. The molecule has 4 nitrogen and oxygen atoms in total. The first-order valence-electron chi connectivity index (χ1n) is 10.0. The van der Waals surface area contributed by atoms with Crippen LogP contribution in [0.5, 0.6) is 0 Å². The topological polar surface area (TPSA) is 57.8 Å². The zero-order valence-electron chi connectivity index (χ0n) is 16.7. The van der Waals surface area contributed by atoms with Crippen LogP contribution < -0.4 is 5.32 Å². The van der Waals surface area contributed by atoms with Gasteiger partial charge in [-0.2, -0.15) is 5.26 Å². The Morgan fingerprint density at radius 2 is 2.14 bits per heavy atom. The third kappa shape index (κ3) is 3.75. The van der Waals surface area contributed by atoms with Crippen molar-refractivity contribution < 1.29 is 9.18 Å². The van der Waals surface area contributed by atoms with Gasteiger partial charge in [-0.1, -0.05) is 26.0 Å². The average molecular weight is 389 g/mol. The van der Waals surface area contributed by atoms with Crippen LogP contribution in [0, 0.1) is 23.1 Å². The van der Waals surface area contributed by atoms with Gasteiger partial charge in [0.25, 0.3) is 0 Å². The number of halogens is 1. The molecule has 0 unspecified atom stereocenters. The molecule has 0 bridgehead atoms. The van der Waals surface area contributed by atoms with Crippen LogP contribution in [0.15, 0.2) is 42.5 Å². The molecule has 5 heteroatoms. The molecule has 0 radical (unpaired) electrons.